The normalized spacial score (nSPS) is 42.9. The highest BCUT2D eigenvalue weighted by Gasteiger charge is 2.68. The second kappa shape index (κ2) is 2.21. The highest BCUT2D eigenvalue weighted by molar-refractivity contribution is 5.26. The molecule has 66 valence electrons. The summed E-state index contributed by atoms with van der Waals surface area (Å²) in [7, 11) is 1.65. The molecule has 0 heterocycles. The van der Waals surface area contributed by atoms with Gasteiger partial charge in [-0.3, -0.25) is 0 Å². The van der Waals surface area contributed by atoms with Gasteiger partial charge in [0.25, 0.3) is 0 Å². The predicted molar refractivity (Wildman–Crippen MR) is 42.3 cm³/mol. The average Bonchev–Trinajstić information content (AvgIpc) is 1.96. The van der Waals surface area contributed by atoms with E-state index in [1.54, 1.807) is 7.11 Å². The van der Waals surface area contributed by atoms with Crippen molar-refractivity contribution < 1.29 is 9.84 Å². The first-order valence-corrected chi connectivity index (χ1v) is 4.35. The summed E-state index contributed by atoms with van der Waals surface area (Å²) in [6.45, 7) is 0. The monoisotopic (exact) mass is 167 g/mol. The standard InChI is InChI=1S/C9H13NO2/c1-12-7-5-9(11,6-10)8(7)3-2-4-8/h7,11H,2-5H2,1H3. The van der Waals surface area contributed by atoms with E-state index in [9.17, 15) is 5.11 Å². The van der Waals surface area contributed by atoms with Gasteiger partial charge in [0, 0.05) is 18.9 Å². The highest BCUT2D eigenvalue weighted by Crippen LogP contribution is 2.62. The number of methoxy groups -OCH3 is 1. The molecule has 2 fully saturated rings. The average molecular weight is 167 g/mol. The van der Waals surface area contributed by atoms with Crippen LogP contribution in [0.4, 0.5) is 0 Å². The Morgan fingerprint density at radius 3 is 2.58 bits per heavy atom. The van der Waals surface area contributed by atoms with Crippen LogP contribution in [0.25, 0.3) is 0 Å². The molecule has 12 heavy (non-hydrogen) atoms. The van der Waals surface area contributed by atoms with Gasteiger partial charge in [-0.05, 0) is 12.8 Å². The summed E-state index contributed by atoms with van der Waals surface area (Å²) in [6, 6.07) is 2.01. The predicted octanol–water partition coefficient (Wildman–Crippen LogP) is 0.830. The number of hydrogen-bond acceptors (Lipinski definition) is 3. The summed E-state index contributed by atoms with van der Waals surface area (Å²) in [6.07, 6.45) is 3.59. The quantitative estimate of drug-likeness (QED) is 0.588. The molecule has 3 nitrogen and oxygen atoms in total. The molecule has 0 saturated heterocycles. The first-order chi connectivity index (χ1) is 5.68. The van der Waals surface area contributed by atoms with Crippen LogP contribution in [0.1, 0.15) is 25.7 Å². The zero-order valence-corrected chi connectivity index (χ0v) is 7.21. The molecule has 0 aliphatic heterocycles. The van der Waals surface area contributed by atoms with Crippen LogP contribution in [0.5, 0.6) is 0 Å². The van der Waals surface area contributed by atoms with Crippen molar-refractivity contribution in [2.45, 2.75) is 37.4 Å². The molecule has 2 saturated carbocycles. The van der Waals surface area contributed by atoms with Crippen LogP contribution in [0.3, 0.4) is 0 Å². The molecule has 2 aliphatic rings. The van der Waals surface area contributed by atoms with E-state index in [-0.39, 0.29) is 11.5 Å². The van der Waals surface area contributed by atoms with Crippen LogP contribution < -0.4 is 0 Å². The summed E-state index contributed by atoms with van der Waals surface area (Å²) in [5.74, 6) is 0. The van der Waals surface area contributed by atoms with Gasteiger partial charge < -0.3 is 9.84 Å². The lowest BCUT2D eigenvalue weighted by atomic mass is 9.46. The Labute approximate surface area is 71.9 Å². The Bertz CT molecular complexity index is 241. The number of rotatable bonds is 1. The minimum Gasteiger partial charge on any atom is -0.381 e. The number of nitriles is 1. The fourth-order valence-electron chi connectivity index (χ4n) is 2.56. The van der Waals surface area contributed by atoms with Crippen molar-refractivity contribution in [3.05, 3.63) is 0 Å². The Hall–Kier alpha value is -0.590. The third-order valence-electron chi connectivity index (χ3n) is 3.64. The lowest BCUT2D eigenvalue weighted by molar-refractivity contribution is -0.254. The Balaban J connectivity index is 2.20. The van der Waals surface area contributed by atoms with Gasteiger partial charge >= 0.3 is 0 Å². The SMILES string of the molecule is COC1CC(O)(C#N)C12CCC2. The second-order valence-corrected chi connectivity index (χ2v) is 3.91. The van der Waals surface area contributed by atoms with Crippen molar-refractivity contribution in [2.75, 3.05) is 7.11 Å². The fourth-order valence-corrected chi connectivity index (χ4v) is 2.56. The van der Waals surface area contributed by atoms with Crippen LogP contribution in [-0.2, 0) is 4.74 Å². The molecule has 0 amide bonds. The van der Waals surface area contributed by atoms with E-state index in [4.69, 9.17) is 10.00 Å². The molecule has 1 spiro atoms. The first-order valence-electron chi connectivity index (χ1n) is 4.35. The van der Waals surface area contributed by atoms with Crippen LogP contribution >= 0.6 is 0 Å². The Morgan fingerprint density at radius 2 is 2.25 bits per heavy atom. The molecule has 0 bridgehead atoms. The largest absolute Gasteiger partial charge is 0.381 e. The van der Waals surface area contributed by atoms with Gasteiger partial charge in [0.15, 0.2) is 5.60 Å². The topological polar surface area (TPSA) is 53.2 Å². The smallest absolute Gasteiger partial charge is 0.161 e. The third kappa shape index (κ3) is 0.634. The van der Waals surface area contributed by atoms with E-state index < -0.39 is 5.60 Å². The zero-order valence-electron chi connectivity index (χ0n) is 7.21. The Kier molecular flexibility index (Phi) is 1.48. The van der Waals surface area contributed by atoms with Crippen LogP contribution in [0, 0.1) is 16.7 Å². The van der Waals surface area contributed by atoms with Crippen LogP contribution in [-0.4, -0.2) is 23.9 Å². The molecule has 2 aliphatic carbocycles. The maximum absolute atomic E-state index is 9.85. The lowest BCUT2D eigenvalue weighted by Crippen LogP contribution is -2.69. The van der Waals surface area contributed by atoms with Gasteiger partial charge in [-0.15, -0.1) is 0 Å². The number of hydrogen-bond donors (Lipinski definition) is 1. The molecule has 0 aromatic rings. The maximum atomic E-state index is 9.85. The zero-order chi connectivity index (χ0) is 8.82. The van der Waals surface area contributed by atoms with Gasteiger partial charge in [0.1, 0.15) is 0 Å². The lowest BCUT2D eigenvalue weighted by Gasteiger charge is -2.62. The summed E-state index contributed by atoms with van der Waals surface area (Å²) in [4.78, 5) is 0. The minimum atomic E-state index is -1.09. The van der Waals surface area contributed by atoms with E-state index in [1.165, 1.54) is 0 Å². The molecule has 0 aromatic carbocycles. The molecule has 2 rings (SSSR count). The molecule has 2 atom stereocenters. The van der Waals surface area contributed by atoms with Crippen molar-refractivity contribution in [2.24, 2.45) is 5.41 Å². The summed E-state index contributed by atoms with van der Waals surface area (Å²) < 4.78 is 5.23. The van der Waals surface area contributed by atoms with Gasteiger partial charge in [-0.2, -0.15) is 5.26 Å². The van der Waals surface area contributed by atoms with Crippen molar-refractivity contribution in [1.82, 2.24) is 0 Å². The maximum Gasteiger partial charge on any atom is 0.161 e. The van der Waals surface area contributed by atoms with E-state index in [0.29, 0.717) is 6.42 Å². The van der Waals surface area contributed by atoms with E-state index >= 15 is 0 Å². The van der Waals surface area contributed by atoms with E-state index in [2.05, 4.69) is 0 Å². The number of aliphatic hydroxyl groups is 1. The molecule has 0 radical (unpaired) electrons. The molecule has 3 heteroatoms. The van der Waals surface area contributed by atoms with Gasteiger partial charge in [0.05, 0.1) is 12.2 Å². The molecule has 1 N–H and O–H groups in total. The summed E-state index contributed by atoms with van der Waals surface area (Å²) in [5, 5.41) is 18.7. The fraction of sp³-hybridized carbons (Fsp3) is 0.889. The van der Waals surface area contributed by atoms with Crippen molar-refractivity contribution in [3.8, 4) is 6.07 Å². The first kappa shape index (κ1) is 8.03. The third-order valence-corrected chi connectivity index (χ3v) is 3.64. The van der Waals surface area contributed by atoms with E-state index in [1.807, 2.05) is 6.07 Å². The minimum absolute atomic E-state index is 0.107. The summed E-state index contributed by atoms with van der Waals surface area (Å²) in [5.41, 5.74) is -1.30. The number of nitrogens with zero attached hydrogens (tertiary/aromatic N) is 1. The Morgan fingerprint density at radius 1 is 1.58 bits per heavy atom. The molecule has 2 unspecified atom stereocenters. The second-order valence-electron chi connectivity index (χ2n) is 3.91. The van der Waals surface area contributed by atoms with Crippen molar-refractivity contribution in [3.63, 3.8) is 0 Å². The van der Waals surface area contributed by atoms with Gasteiger partial charge in [-0.1, -0.05) is 6.42 Å². The van der Waals surface area contributed by atoms with Crippen LogP contribution in [0.15, 0.2) is 0 Å². The molecular weight excluding hydrogens is 154 g/mol. The summed E-state index contributed by atoms with van der Waals surface area (Å²) >= 11 is 0. The highest BCUT2D eigenvalue weighted by atomic mass is 16.5. The number of ether oxygens (including phenoxy) is 1. The van der Waals surface area contributed by atoms with Crippen molar-refractivity contribution >= 4 is 0 Å². The van der Waals surface area contributed by atoms with Gasteiger partial charge in [0.2, 0.25) is 0 Å². The van der Waals surface area contributed by atoms with E-state index in [0.717, 1.165) is 19.3 Å². The van der Waals surface area contributed by atoms with Crippen molar-refractivity contribution in [1.29, 1.82) is 5.26 Å². The molecular formula is C9H13NO2. The molecule has 0 aromatic heterocycles. The van der Waals surface area contributed by atoms with Crippen LogP contribution in [0.2, 0.25) is 0 Å². The van der Waals surface area contributed by atoms with Gasteiger partial charge in [-0.25, -0.2) is 0 Å².